The molecule has 0 aliphatic carbocycles. The van der Waals surface area contributed by atoms with E-state index in [1.165, 1.54) is 12.1 Å². The van der Waals surface area contributed by atoms with Crippen molar-refractivity contribution in [3.63, 3.8) is 0 Å². The molecule has 0 saturated carbocycles. The Morgan fingerprint density at radius 1 is 1.50 bits per heavy atom. The standard InChI is InChI=1S/C11H11BrFNO2/c12-9-1-7(2-10(13)3-9)4-14-5-8(6-14)11(15)16/h1-3,8H,4-6H2,(H,15,16). The number of carbonyl (C=O) groups is 1. The summed E-state index contributed by atoms with van der Waals surface area (Å²) in [7, 11) is 0. The minimum absolute atomic E-state index is 0.267. The van der Waals surface area contributed by atoms with Gasteiger partial charge in [0.05, 0.1) is 5.92 Å². The van der Waals surface area contributed by atoms with E-state index in [2.05, 4.69) is 15.9 Å². The highest BCUT2D eigenvalue weighted by Gasteiger charge is 2.32. The Morgan fingerprint density at radius 2 is 2.19 bits per heavy atom. The Hall–Kier alpha value is -0.940. The van der Waals surface area contributed by atoms with Crippen LogP contribution in [0.25, 0.3) is 0 Å². The largest absolute Gasteiger partial charge is 0.481 e. The first-order valence-electron chi connectivity index (χ1n) is 4.95. The van der Waals surface area contributed by atoms with Gasteiger partial charge >= 0.3 is 5.97 Å². The fourth-order valence-corrected chi connectivity index (χ4v) is 2.33. The fourth-order valence-electron chi connectivity index (χ4n) is 1.82. The van der Waals surface area contributed by atoms with E-state index in [1.807, 2.05) is 11.0 Å². The van der Waals surface area contributed by atoms with Crippen LogP contribution in [0.4, 0.5) is 4.39 Å². The maximum Gasteiger partial charge on any atom is 0.309 e. The van der Waals surface area contributed by atoms with Gasteiger partial charge in [-0.25, -0.2) is 4.39 Å². The first-order chi connectivity index (χ1) is 7.54. The van der Waals surface area contributed by atoms with Crippen LogP contribution in [0.15, 0.2) is 22.7 Å². The summed E-state index contributed by atoms with van der Waals surface area (Å²) in [5.41, 5.74) is 0.857. The van der Waals surface area contributed by atoms with Gasteiger partial charge in [0.1, 0.15) is 5.82 Å². The van der Waals surface area contributed by atoms with Crippen molar-refractivity contribution in [3.8, 4) is 0 Å². The lowest BCUT2D eigenvalue weighted by Crippen LogP contribution is -2.49. The predicted molar refractivity (Wildman–Crippen MR) is 60.5 cm³/mol. The van der Waals surface area contributed by atoms with Crippen molar-refractivity contribution in [1.29, 1.82) is 0 Å². The number of aliphatic carboxylic acids is 1. The SMILES string of the molecule is O=C(O)C1CN(Cc2cc(F)cc(Br)c2)C1. The minimum Gasteiger partial charge on any atom is -0.481 e. The summed E-state index contributed by atoms with van der Waals surface area (Å²) in [6.07, 6.45) is 0. The number of rotatable bonds is 3. The van der Waals surface area contributed by atoms with Gasteiger partial charge in [-0.15, -0.1) is 0 Å². The zero-order chi connectivity index (χ0) is 11.7. The number of benzene rings is 1. The van der Waals surface area contributed by atoms with E-state index in [4.69, 9.17) is 5.11 Å². The molecule has 1 aromatic carbocycles. The lowest BCUT2D eigenvalue weighted by molar-refractivity contribution is -0.147. The van der Waals surface area contributed by atoms with Crippen molar-refractivity contribution in [2.24, 2.45) is 5.92 Å². The van der Waals surface area contributed by atoms with Crippen LogP contribution in [0.2, 0.25) is 0 Å². The number of hydrogen-bond acceptors (Lipinski definition) is 2. The van der Waals surface area contributed by atoms with Crippen molar-refractivity contribution >= 4 is 21.9 Å². The molecule has 1 aliphatic heterocycles. The maximum absolute atomic E-state index is 13.1. The summed E-state index contributed by atoms with van der Waals surface area (Å²) in [6, 6.07) is 4.72. The first kappa shape index (κ1) is 11.5. The average Bonchev–Trinajstić information content (AvgIpc) is 2.08. The predicted octanol–water partition coefficient (Wildman–Crippen LogP) is 2.10. The third-order valence-corrected chi connectivity index (χ3v) is 3.09. The number of halogens is 2. The smallest absolute Gasteiger partial charge is 0.309 e. The molecule has 0 radical (unpaired) electrons. The number of likely N-dealkylation sites (tertiary alicyclic amines) is 1. The quantitative estimate of drug-likeness (QED) is 0.926. The van der Waals surface area contributed by atoms with Crippen molar-refractivity contribution in [1.82, 2.24) is 4.90 Å². The van der Waals surface area contributed by atoms with Crippen LogP contribution < -0.4 is 0 Å². The van der Waals surface area contributed by atoms with Crippen molar-refractivity contribution in [2.45, 2.75) is 6.54 Å². The zero-order valence-corrected chi connectivity index (χ0v) is 10.1. The molecule has 0 spiro atoms. The molecule has 0 amide bonds. The third kappa shape index (κ3) is 2.59. The summed E-state index contributed by atoms with van der Waals surface area (Å²) in [4.78, 5) is 12.6. The topological polar surface area (TPSA) is 40.5 Å². The number of carboxylic acid groups (broad SMARTS) is 1. The Morgan fingerprint density at radius 3 is 2.75 bits per heavy atom. The maximum atomic E-state index is 13.1. The molecule has 0 bridgehead atoms. The minimum atomic E-state index is -0.753. The number of nitrogens with zero attached hydrogens (tertiary/aromatic N) is 1. The number of carboxylic acids is 1. The molecule has 0 aromatic heterocycles. The second kappa shape index (κ2) is 4.51. The highest BCUT2D eigenvalue weighted by molar-refractivity contribution is 9.10. The van der Waals surface area contributed by atoms with E-state index < -0.39 is 5.97 Å². The Balaban J connectivity index is 1.94. The van der Waals surface area contributed by atoms with Crippen molar-refractivity contribution in [2.75, 3.05) is 13.1 Å². The van der Waals surface area contributed by atoms with Gasteiger partial charge in [-0.2, -0.15) is 0 Å². The fraction of sp³-hybridized carbons (Fsp3) is 0.364. The summed E-state index contributed by atoms with van der Waals surface area (Å²) >= 11 is 3.23. The highest BCUT2D eigenvalue weighted by atomic mass is 79.9. The Bertz CT molecular complexity index is 398. The summed E-state index contributed by atoms with van der Waals surface area (Å²) < 4.78 is 13.8. The second-order valence-corrected chi connectivity index (χ2v) is 4.92. The van der Waals surface area contributed by atoms with E-state index in [0.717, 1.165) is 5.56 Å². The van der Waals surface area contributed by atoms with Crippen LogP contribution >= 0.6 is 15.9 Å². The normalized spacial score (nSPS) is 17.1. The van der Waals surface area contributed by atoms with Crippen LogP contribution in [-0.2, 0) is 11.3 Å². The van der Waals surface area contributed by atoms with Crippen LogP contribution in [0.5, 0.6) is 0 Å². The number of hydrogen-bond donors (Lipinski definition) is 1. The summed E-state index contributed by atoms with van der Waals surface area (Å²) in [5.74, 6) is -1.30. The molecular formula is C11H11BrFNO2. The lowest BCUT2D eigenvalue weighted by Gasteiger charge is -2.36. The second-order valence-electron chi connectivity index (χ2n) is 4.01. The molecule has 0 unspecified atom stereocenters. The molecule has 1 saturated heterocycles. The zero-order valence-electron chi connectivity index (χ0n) is 8.49. The molecule has 16 heavy (non-hydrogen) atoms. The summed E-state index contributed by atoms with van der Waals surface area (Å²) in [6.45, 7) is 1.69. The van der Waals surface area contributed by atoms with Gasteiger partial charge in [-0.05, 0) is 23.8 Å². The van der Waals surface area contributed by atoms with E-state index >= 15 is 0 Å². The Kier molecular flexibility index (Phi) is 3.25. The lowest BCUT2D eigenvalue weighted by atomic mass is 10.00. The molecule has 1 N–H and O–H groups in total. The van der Waals surface area contributed by atoms with E-state index in [0.29, 0.717) is 24.1 Å². The Labute approximate surface area is 101 Å². The molecule has 1 aromatic rings. The van der Waals surface area contributed by atoms with Crippen molar-refractivity contribution < 1.29 is 14.3 Å². The van der Waals surface area contributed by atoms with Gasteiger partial charge in [-0.1, -0.05) is 15.9 Å². The van der Waals surface area contributed by atoms with Gasteiger partial charge in [0, 0.05) is 24.1 Å². The first-order valence-corrected chi connectivity index (χ1v) is 5.74. The highest BCUT2D eigenvalue weighted by Crippen LogP contribution is 2.21. The van der Waals surface area contributed by atoms with Gasteiger partial charge in [0.15, 0.2) is 0 Å². The van der Waals surface area contributed by atoms with E-state index in [-0.39, 0.29) is 11.7 Å². The van der Waals surface area contributed by atoms with E-state index in [9.17, 15) is 9.18 Å². The molecular weight excluding hydrogens is 277 g/mol. The van der Waals surface area contributed by atoms with Gasteiger partial charge < -0.3 is 5.11 Å². The molecule has 1 aliphatic rings. The molecule has 86 valence electrons. The van der Waals surface area contributed by atoms with Crippen LogP contribution in [0, 0.1) is 11.7 Å². The molecule has 5 heteroatoms. The molecule has 1 heterocycles. The molecule has 3 nitrogen and oxygen atoms in total. The monoisotopic (exact) mass is 287 g/mol. The van der Waals surface area contributed by atoms with E-state index in [1.54, 1.807) is 0 Å². The van der Waals surface area contributed by atoms with Crippen LogP contribution in [0.3, 0.4) is 0 Å². The molecule has 1 fully saturated rings. The average molecular weight is 288 g/mol. The van der Waals surface area contributed by atoms with Crippen molar-refractivity contribution in [3.05, 3.63) is 34.1 Å². The molecule has 0 atom stereocenters. The van der Waals surface area contributed by atoms with Crippen LogP contribution in [0.1, 0.15) is 5.56 Å². The van der Waals surface area contributed by atoms with Gasteiger partial charge in [0.25, 0.3) is 0 Å². The summed E-state index contributed by atoms with van der Waals surface area (Å²) in [5, 5.41) is 8.71. The van der Waals surface area contributed by atoms with Crippen LogP contribution in [-0.4, -0.2) is 29.1 Å². The van der Waals surface area contributed by atoms with Gasteiger partial charge in [-0.3, -0.25) is 9.69 Å². The van der Waals surface area contributed by atoms with Gasteiger partial charge in [0.2, 0.25) is 0 Å². The molecule has 2 rings (SSSR count). The third-order valence-electron chi connectivity index (χ3n) is 2.63.